The molecule has 3 aromatic rings. The highest BCUT2D eigenvalue weighted by atomic mass is 33.1. The molecule has 2 heterocycles. The first-order valence-electron chi connectivity index (χ1n) is 29.1. The lowest BCUT2D eigenvalue weighted by atomic mass is 9.85. The summed E-state index contributed by atoms with van der Waals surface area (Å²) in [6, 6.07) is 10.0. The van der Waals surface area contributed by atoms with Crippen LogP contribution in [0.25, 0.3) is 0 Å². The first-order chi connectivity index (χ1) is 42.0. The fourth-order valence-electron chi connectivity index (χ4n) is 10.7. The van der Waals surface area contributed by atoms with Crippen LogP contribution < -0.4 is 70.6 Å². The molecular weight excluding hydrogens is 1180 g/mol. The smallest absolute Gasteiger partial charge is 0.246 e. The summed E-state index contributed by atoms with van der Waals surface area (Å²) >= 11 is 0. The SMILES string of the molecule is COc1ccc(CC2NC(=O)CC3(CCCCC3)SSCC(C(=O)N3CCC[C@H]3C(=O)N[C@@H](CCCN=C(N)N)C(=O)N[C@@H](Cc3ccc(O)cc3)C(N)=O)NC(=O)[C@H](CC(N)=O)NC(=O)[C@H](CCC(N)=O)NC(=O)C(Cc3ccccc3)NC2=O)cc1. The zero-order valence-electron chi connectivity index (χ0n) is 49.0. The van der Waals surface area contributed by atoms with Crippen LogP contribution in [-0.4, -0.2) is 160 Å². The molecule has 3 unspecified atom stereocenters. The summed E-state index contributed by atoms with van der Waals surface area (Å²) in [5.41, 5.74) is 29.8. The number of nitrogens with zero attached hydrogens (tertiary/aromatic N) is 2. The minimum absolute atomic E-state index is 0.00215. The highest BCUT2D eigenvalue weighted by Crippen LogP contribution is 2.48. The molecule has 476 valence electrons. The molecule has 11 amide bonds. The zero-order valence-corrected chi connectivity index (χ0v) is 50.6. The van der Waals surface area contributed by atoms with Crippen LogP contribution in [0.4, 0.5) is 0 Å². The van der Waals surface area contributed by atoms with Crippen molar-refractivity contribution in [2.24, 2.45) is 33.7 Å². The van der Waals surface area contributed by atoms with E-state index in [2.05, 4.69) is 42.2 Å². The maximum absolute atomic E-state index is 15.2. The number of hydrogen-bond donors (Lipinski definition) is 13. The summed E-state index contributed by atoms with van der Waals surface area (Å²) in [5.74, 6) is -9.25. The third-order valence-electron chi connectivity index (χ3n) is 15.3. The molecule has 2 saturated heterocycles. The highest BCUT2D eigenvalue weighted by Gasteiger charge is 2.43. The minimum Gasteiger partial charge on any atom is -0.508 e. The molecule has 1 saturated carbocycles. The number of hydrogen-bond acceptors (Lipinski definition) is 16. The minimum atomic E-state index is -1.79. The molecule has 1 aliphatic carbocycles. The molecule has 8 atom stereocenters. The predicted octanol–water partition coefficient (Wildman–Crippen LogP) is -1.02. The summed E-state index contributed by atoms with van der Waals surface area (Å²) < 4.78 is 4.58. The summed E-state index contributed by atoms with van der Waals surface area (Å²) in [6.07, 6.45) is 2.01. The van der Waals surface area contributed by atoms with Crippen molar-refractivity contribution in [3.05, 3.63) is 95.6 Å². The van der Waals surface area contributed by atoms with Crippen molar-refractivity contribution in [1.29, 1.82) is 0 Å². The van der Waals surface area contributed by atoms with Crippen LogP contribution in [0.2, 0.25) is 0 Å². The number of benzene rings is 3. The lowest BCUT2D eigenvalue weighted by Gasteiger charge is -2.37. The van der Waals surface area contributed by atoms with Crippen molar-refractivity contribution in [2.75, 3.05) is 26.0 Å². The number of likely N-dealkylation sites (tertiary alicyclic amines) is 1. The van der Waals surface area contributed by atoms with Crippen LogP contribution in [0.5, 0.6) is 11.5 Å². The average molecular weight is 1260 g/mol. The molecule has 0 aromatic heterocycles. The Bertz CT molecular complexity index is 2990. The van der Waals surface area contributed by atoms with Gasteiger partial charge in [0, 0.05) is 55.7 Å². The molecule has 0 bridgehead atoms. The molecule has 3 aliphatic rings. The first-order valence-corrected chi connectivity index (χ1v) is 31.4. The molecule has 3 fully saturated rings. The lowest BCUT2D eigenvalue weighted by Crippen LogP contribution is -2.61. The van der Waals surface area contributed by atoms with Gasteiger partial charge in [-0.05, 0) is 85.9 Å². The summed E-state index contributed by atoms with van der Waals surface area (Å²) in [5, 5.41) is 28.6. The number of rotatable bonds is 22. The molecule has 0 radical (unpaired) electrons. The maximum Gasteiger partial charge on any atom is 0.246 e. The Morgan fingerprint density at radius 3 is 1.93 bits per heavy atom. The molecule has 3 aromatic carbocycles. The van der Waals surface area contributed by atoms with E-state index >= 15 is 4.79 Å². The zero-order chi connectivity index (χ0) is 63.9. The van der Waals surface area contributed by atoms with E-state index in [0.29, 0.717) is 41.7 Å². The number of ether oxygens (including phenoxy) is 1. The van der Waals surface area contributed by atoms with Gasteiger partial charge in [-0.2, -0.15) is 0 Å². The second-order valence-corrected chi connectivity index (χ2v) is 24.9. The standard InChI is InChI=1S/C59H80N14O13S2/c1-86-38-20-16-36(17-21-38)30-42-53(81)70-43(29-34-10-4-2-5-11-34)54(82)67-40(22-23-47(60)75)52(80)71-44(31-48(61)76)55(83)72-45(33-87-88-59(32-49(77)66-42)24-6-3-7-25-59)57(85)73-27-9-13-46(73)56(84)68-39(12-8-26-65-58(63)64)51(79)69-41(50(62)78)28-35-14-18-37(74)19-15-35/h2,4-5,10-11,14-21,39-46,74H,3,6-9,12-13,22-33H2,1H3,(H2,60,75)(H2,61,76)(H2,62,78)(H,66,77)(H,67,82)(H,68,84)(H,69,79)(H,70,81)(H,71,80)(H,72,83)(H4,63,64,65)/t39-,40-,41-,42?,43?,44-,45?,46-/m0/s1. The predicted molar refractivity (Wildman–Crippen MR) is 329 cm³/mol. The highest BCUT2D eigenvalue weighted by molar-refractivity contribution is 8.77. The van der Waals surface area contributed by atoms with E-state index in [-0.39, 0.29) is 75.5 Å². The number of phenolic OH excluding ortho intramolecular Hbond substituents is 1. The molecule has 88 heavy (non-hydrogen) atoms. The second kappa shape index (κ2) is 33.5. The van der Waals surface area contributed by atoms with Gasteiger partial charge >= 0.3 is 0 Å². The third kappa shape index (κ3) is 21.4. The number of primary amides is 3. The number of aliphatic imine (C=N–C) groups is 1. The largest absolute Gasteiger partial charge is 0.508 e. The van der Waals surface area contributed by atoms with Crippen molar-refractivity contribution in [3.8, 4) is 11.5 Å². The van der Waals surface area contributed by atoms with E-state index in [1.165, 1.54) is 45.7 Å². The van der Waals surface area contributed by atoms with Gasteiger partial charge in [0.1, 0.15) is 59.8 Å². The van der Waals surface area contributed by atoms with Crippen molar-refractivity contribution in [2.45, 2.75) is 156 Å². The fourth-order valence-corrected chi connectivity index (χ4v) is 14.0. The number of methoxy groups -OCH3 is 1. The van der Waals surface area contributed by atoms with Gasteiger partial charge in [-0.25, -0.2) is 0 Å². The molecule has 27 nitrogen and oxygen atoms in total. The van der Waals surface area contributed by atoms with E-state index in [1.54, 1.807) is 66.7 Å². The van der Waals surface area contributed by atoms with Crippen LogP contribution in [0, 0.1) is 0 Å². The van der Waals surface area contributed by atoms with Gasteiger partial charge < -0.3 is 80.6 Å². The average Bonchev–Trinajstić information content (AvgIpc) is 2.82. The Morgan fingerprint density at radius 1 is 0.705 bits per heavy atom. The molecule has 2 aliphatic heterocycles. The van der Waals surface area contributed by atoms with Gasteiger partial charge in [-0.15, -0.1) is 0 Å². The number of nitrogens with two attached hydrogens (primary N) is 5. The topological polar surface area (TPSA) is 447 Å². The third-order valence-corrected chi connectivity index (χ3v) is 18.6. The normalized spacial score (nSPS) is 22.0. The van der Waals surface area contributed by atoms with E-state index < -0.39 is 137 Å². The van der Waals surface area contributed by atoms with E-state index in [4.69, 9.17) is 33.4 Å². The van der Waals surface area contributed by atoms with Crippen LogP contribution in [-0.2, 0) is 72.0 Å². The van der Waals surface area contributed by atoms with Crippen LogP contribution in [0.3, 0.4) is 0 Å². The summed E-state index contributed by atoms with van der Waals surface area (Å²) in [6.45, 7) is 0.0608. The van der Waals surface area contributed by atoms with Gasteiger partial charge in [0.2, 0.25) is 65.0 Å². The second-order valence-electron chi connectivity index (χ2n) is 22.1. The lowest BCUT2D eigenvalue weighted by molar-refractivity contribution is -0.142. The molecule has 29 heteroatoms. The number of aromatic hydroxyl groups is 1. The monoisotopic (exact) mass is 1260 g/mol. The molecule has 6 rings (SSSR count). The van der Waals surface area contributed by atoms with Crippen molar-refractivity contribution < 1.29 is 62.6 Å². The van der Waals surface area contributed by atoms with Gasteiger partial charge in [-0.1, -0.05) is 95.4 Å². The Balaban J connectivity index is 1.34. The maximum atomic E-state index is 15.2. The summed E-state index contributed by atoms with van der Waals surface area (Å²) in [4.78, 5) is 160. The fraction of sp³-hybridized carbons (Fsp3) is 0.492. The van der Waals surface area contributed by atoms with Gasteiger partial charge in [0.05, 0.1) is 13.5 Å². The molecular formula is C59H80N14O13S2. The van der Waals surface area contributed by atoms with Crippen LogP contribution in [0.15, 0.2) is 83.9 Å². The quantitative estimate of drug-likeness (QED) is 0.0248. The number of guanidine groups is 1. The Morgan fingerprint density at radius 2 is 1.31 bits per heavy atom. The Labute approximate surface area is 517 Å². The van der Waals surface area contributed by atoms with Gasteiger partial charge in [0.25, 0.3) is 0 Å². The Kier molecular flexibility index (Phi) is 26.1. The number of amides is 11. The first kappa shape index (κ1) is 68.5. The number of phenols is 1. The summed E-state index contributed by atoms with van der Waals surface area (Å²) in [7, 11) is 4.00. The van der Waals surface area contributed by atoms with Crippen molar-refractivity contribution in [1.82, 2.24) is 42.1 Å². The van der Waals surface area contributed by atoms with E-state index in [9.17, 15) is 53.1 Å². The number of nitrogens with one attached hydrogen (secondary N) is 7. The van der Waals surface area contributed by atoms with E-state index in [1.807, 2.05) is 0 Å². The molecule has 18 N–H and O–H groups in total. The van der Waals surface area contributed by atoms with E-state index in [0.717, 1.165) is 19.3 Å². The number of carbonyl (C=O) groups excluding carboxylic acids is 11. The van der Waals surface area contributed by atoms with Crippen molar-refractivity contribution in [3.63, 3.8) is 0 Å². The molecule has 1 spiro atoms. The number of carbonyl (C=O) groups is 11. The van der Waals surface area contributed by atoms with Gasteiger partial charge in [-0.3, -0.25) is 57.7 Å². The Hall–Kier alpha value is -8.60. The van der Waals surface area contributed by atoms with Crippen molar-refractivity contribution >= 4 is 92.5 Å². The van der Waals surface area contributed by atoms with Crippen LogP contribution >= 0.6 is 21.6 Å². The van der Waals surface area contributed by atoms with Gasteiger partial charge in [0.15, 0.2) is 5.96 Å². The van der Waals surface area contributed by atoms with Crippen LogP contribution in [0.1, 0.15) is 100 Å².